The first kappa shape index (κ1) is 12.6. The third-order valence-corrected chi connectivity index (χ3v) is 2.64. The predicted molar refractivity (Wildman–Crippen MR) is 67.6 cm³/mol. The first-order valence-corrected chi connectivity index (χ1v) is 5.82. The lowest BCUT2D eigenvalue weighted by atomic mass is 10.2. The molecule has 0 unspecified atom stereocenters. The molecule has 18 heavy (non-hydrogen) atoms. The van der Waals surface area contributed by atoms with E-state index in [0.29, 0.717) is 4.47 Å². The van der Waals surface area contributed by atoms with Gasteiger partial charge < -0.3 is 9.84 Å². The molecule has 2 aromatic rings. The first-order chi connectivity index (χ1) is 8.56. The summed E-state index contributed by atoms with van der Waals surface area (Å²) in [6, 6.07) is 10.2. The predicted octanol–water partition coefficient (Wildman–Crippen LogP) is 4.08. The number of carbonyl (C=O) groups is 1. The van der Waals surface area contributed by atoms with Gasteiger partial charge in [0.05, 0.1) is 0 Å². The lowest BCUT2D eigenvalue weighted by Crippen LogP contribution is -1.99. The number of carboxylic acid groups (broad SMARTS) is 1. The van der Waals surface area contributed by atoms with Crippen LogP contribution in [-0.4, -0.2) is 11.1 Å². The zero-order chi connectivity index (χ0) is 13.1. The van der Waals surface area contributed by atoms with Crippen LogP contribution >= 0.6 is 15.9 Å². The van der Waals surface area contributed by atoms with Crippen molar-refractivity contribution in [2.45, 2.75) is 0 Å². The molecule has 0 aliphatic carbocycles. The van der Waals surface area contributed by atoms with E-state index in [1.165, 1.54) is 24.3 Å². The van der Waals surface area contributed by atoms with Gasteiger partial charge in [0.25, 0.3) is 0 Å². The van der Waals surface area contributed by atoms with E-state index in [1.807, 2.05) is 0 Å². The second kappa shape index (κ2) is 5.18. The van der Waals surface area contributed by atoms with E-state index in [2.05, 4.69) is 15.9 Å². The van der Waals surface area contributed by atoms with Crippen molar-refractivity contribution >= 4 is 21.9 Å². The Kier molecular flexibility index (Phi) is 3.62. The Morgan fingerprint density at radius 3 is 2.61 bits per heavy atom. The molecule has 0 bridgehead atoms. The molecule has 0 radical (unpaired) electrons. The number of aromatic carboxylic acids is 1. The van der Waals surface area contributed by atoms with E-state index in [-0.39, 0.29) is 17.1 Å². The topological polar surface area (TPSA) is 46.5 Å². The minimum atomic E-state index is -1.10. The van der Waals surface area contributed by atoms with E-state index in [0.717, 1.165) is 0 Å². The van der Waals surface area contributed by atoms with E-state index >= 15 is 0 Å². The molecule has 5 heteroatoms. The Morgan fingerprint density at radius 2 is 1.94 bits per heavy atom. The molecule has 0 heterocycles. The highest BCUT2D eigenvalue weighted by Crippen LogP contribution is 2.28. The van der Waals surface area contributed by atoms with E-state index in [1.54, 1.807) is 18.2 Å². The summed E-state index contributed by atoms with van der Waals surface area (Å²) in [4.78, 5) is 11.0. The van der Waals surface area contributed by atoms with Crippen LogP contribution in [0.4, 0.5) is 4.39 Å². The number of hydrogen-bond acceptors (Lipinski definition) is 2. The van der Waals surface area contributed by atoms with Gasteiger partial charge in [-0.25, -0.2) is 9.18 Å². The Bertz CT molecular complexity index is 578. The first-order valence-electron chi connectivity index (χ1n) is 5.02. The van der Waals surface area contributed by atoms with Crippen molar-refractivity contribution in [3.63, 3.8) is 0 Å². The standard InChI is InChI=1S/C13H8BrFO3/c14-8-5-9(15)7-10(6-8)18-12-4-2-1-3-11(12)13(16)17/h1-7H,(H,16,17). The fourth-order valence-corrected chi connectivity index (χ4v) is 1.89. The summed E-state index contributed by atoms with van der Waals surface area (Å²) in [7, 11) is 0. The van der Waals surface area contributed by atoms with Crippen molar-refractivity contribution in [2.75, 3.05) is 0 Å². The molecule has 3 nitrogen and oxygen atoms in total. The van der Waals surface area contributed by atoms with Crippen molar-refractivity contribution in [3.8, 4) is 11.5 Å². The number of para-hydroxylation sites is 1. The van der Waals surface area contributed by atoms with Gasteiger partial charge in [-0.1, -0.05) is 28.1 Å². The Hall–Kier alpha value is -1.88. The number of carboxylic acids is 1. The number of halogens is 2. The molecule has 0 spiro atoms. The van der Waals surface area contributed by atoms with Gasteiger partial charge in [-0.15, -0.1) is 0 Å². The van der Waals surface area contributed by atoms with Gasteiger partial charge in [-0.3, -0.25) is 0 Å². The average molecular weight is 311 g/mol. The molecule has 0 fully saturated rings. The number of hydrogen-bond donors (Lipinski definition) is 1. The van der Waals surface area contributed by atoms with Crippen LogP contribution in [0.2, 0.25) is 0 Å². The smallest absolute Gasteiger partial charge is 0.339 e. The monoisotopic (exact) mass is 310 g/mol. The van der Waals surface area contributed by atoms with Gasteiger partial charge in [0, 0.05) is 10.5 Å². The second-order valence-electron chi connectivity index (χ2n) is 3.51. The quantitative estimate of drug-likeness (QED) is 0.929. The van der Waals surface area contributed by atoms with Gasteiger partial charge in [0.2, 0.25) is 0 Å². The molecule has 92 valence electrons. The summed E-state index contributed by atoms with van der Waals surface area (Å²) in [5.41, 5.74) is 0.0258. The lowest BCUT2D eigenvalue weighted by molar-refractivity contribution is 0.0694. The Morgan fingerprint density at radius 1 is 1.22 bits per heavy atom. The van der Waals surface area contributed by atoms with Gasteiger partial charge in [0.15, 0.2) is 0 Å². The maximum absolute atomic E-state index is 13.2. The second-order valence-corrected chi connectivity index (χ2v) is 4.42. The Balaban J connectivity index is 2.37. The molecule has 0 aromatic heterocycles. The van der Waals surface area contributed by atoms with Crippen molar-refractivity contribution in [1.82, 2.24) is 0 Å². The number of benzene rings is 2. The van der Waals surface area contributed by atoms with Crippen molar-refractivity contribution < 1.29 is 19.0 Å². The lowest BCUT2D eigenvalue weighted by Gasteiger charge is -2.08. The molecule has 0 aliphatic rings. The maximum atomic E-state index is 13.2. The van der Waals surface area contributed by atoms with Crippen LogP contribution < -0.4 is 4.74 Å². The van der Waals surface area contributed by atoms with Crippen LogP contribution in [0.1, 0.15) is 10.4 Å². The molecule has 1 N–H and O–H groups in total. The summed E-state index contributed by atoms with van der Waals surface area (Å²) in [5.74, 6) is -1.16. The zero-order valence-electron chi connectivity index (χ0n) is 9.06. The Labute approximate surface area is 111 Å². The third kappa shape index (κ3) is 2.87. The largest absolute Gasteiger partial charge is 0.478 e. The fourth-order valence-electron chi connectivity index (χ4n) is 1.45. The molecule has 2 rings (SSSR count). The molecule has 0 aliphatic heterocycles. The molecule has 0 amide bonds. The van der Waals surface area contributed by atoms with Gasteiger partial charge >= 0.3 is 5.97 Å². The van der Waals surface area contributed by atoms with Crippen LogP contribution in [-0.2, 0) is 0 Å². The van der Waals surface area contributed by atoms with Crippen LogP contribution in [0.25, 0.3) is 0 Å². The normalized spacial score (nSPS) is 10.1. The molecule has 2 aromatic carbocycles. The SMILES string of the molecule is O=C(O)c1ccccc1Oc1cc(F)cc(Br)c1. The van der Waals surface area contributed by atoms with Crippen molar-refractivity contribution in [1.29, 1.82) is 0 Å². The van der Waals surface area contributed by atoms with Crippen LogP contribution in [0, 0.1) is 5.82 Å². The third-order valence-electron chi connectivity index (χ3n) is 2.18. The summed E-state index contributed by atoms with van der Waals surface area (Å²) in [6.07, 6.45) is 0. The summed E-state index contributed by atoms with van der Waals surface area (Å²) >= 11 is 3.14. The van der Waals surface area contributed by atoms with E-state index in [4.69, 9.17) is 9.84 Å². The van der Waals surface area contributed by atoms with Crippen molar-refractivity contribution in [2.24, 2.45) is 0 Å². The summed E-state index contributed by atoms with van der Waals surface area (Å²) in [6.45, 7) is 0. The summed E-state index contributed by atoms with van der Waals surface area (Å²) < 4.78 is 19.1. The summed E-state index contributed by atoms with van der Waals surface area (Å²) in [5, 5.41) is 8.99. The highest BCUT2D eigenvalue weighted by atomic mass is 79.9. The molecular weight excluding hydrogens is 303 g/mol. The van der Waals surface area contributed by atoms with Crippen LogP contribution in [0.5, 0.6) is 11.5 Å². The maximum Gasteiger partial charge on any atom is 0.339 e. The van der Waals surface area contributed by atoms with E-state index < -0.39 is 11.8 Å². The minimum absolute atomic E-state index is 0.0258. The number of ether oxygens (including phenoxy) is 1. The van der Waals surface area contributed by atoms with Crippen molar-refractivity contribution in [3.05, 3.63) is 58.3 Å². The van der Waals surface area contributed by atoms with Crippen LogP contribution in [0.3, 0.4) is 0 Å². The minimum Gasteiger partial charge on any atom is -0.478 e. The van der Waals surface area contributed by atoms with Gasteiger partial charge in [-0.05, 0) is 24.3 Å². The average Bonchev–Trinajstić information content (AvgIpc) is 2.27. The van der Waals surface area contributed by atoms with Gasteiger partial charge in [-0.2, -0.15) is 0 Å². The molecule has 0 saturated carbocycles. The zero-order valence-corrected chi connectivity index (χ0v) is 10.6. The van der Waals surface area contributed by atoms with Crippen LogP contribution in [0.15, 0.2) is 46.9 Å². The highest BCUT2D eigenvalue weighted by Gasteiger charge is 2.11. The van der Waals surface area contributed by atoms with E-state index in [9.17, 15) is 9.18 Å². The molecule has 0 atom stereocenters. The number of rotatable bonds is 3. The highest BCUT2D eigenvalue weighted by molar-refractivity contribution is 9.10. The van der Waals surface area contributed by atoms with Gasteiger partial charge in [0.1, 0.15) is 22.9 Å². The molecular formula is C13H8BrFO3. The fraction of sp³-hybridized carbons (Fsp3) is 0. The molecule has 0 saturated heterocycles.